The number of hydrogen-bond acceptors (Lipinski definition) is 3. The summed E-state index contributed by atoms with van der Waals surface area (Å²) in [5.74, 6) is 0.516. The van der Waals surface area contributed by atoms with E-state index in [2.05, 4.69) is 10.6 Å². The van der Waals surface area contributed by atoms with Gasteiger partial charge in [0.15, 0.2) is 6.10 Å². The Morgan fingerprint density at radius 2 is 1.96 bits per heavy atom. The number of ether oxygens (including phenoxy) is 1. The monoisotopic (exact) mass is 324 g/mol. The minimum absolute atomic E-state index is 0.124. The summed E-state index contributed by atoms with van der Waals surface area (Å²) in [7, 11) is 0. The molecule has 0 aliphatic carbocycles. The topological polar surface area (TPSA) is 67.4 Å². The van der Waals surface area contributed by atoms with Crippen LogP contribution in [0.3, 0.4) is 0 Å². The number of amides is 2. The average Bonchev–Trinajstić information content (AvgIpc) is 2.98. The van der Waals surface area contributed by atoms with Crippen LogP contribution in [0.5, 0.6) is 5.75 Å². The van der Waals surface area contributed by atoms with Gasteiger partial charge in [0.25, 0.3) is 5.91 Å². The van der Waals surface area contributed by atoms with Crippen molar-refractivity contribution in [2.24, 2.45) is 0 Å². The van der Waals surface area contributed by atoms with Crippen molar-refractivity contribution < 1.29 is 14.3 Å². The molecule has 0 bridgehead atoms. The second-order valence-corrected chi connectivity index (χ2v) is 5.96. The van der Waals surface area contributed by atoms with Gasteiger partial charge in [0, 0.05) is 19.0 Å². The smallest absolute Gasteiger partial charge is 0.261 e. The molecule has 0 saturated carbocycles. The van der Waals surface area contributed by atoms with E-state index in [4.69, 9.17) is 4.74 Å². The van der Waals surface area contributed by atoms with Crippen molar-refractivity contribution in [2.45, 2.75) is 32.4 Å². The van der Waals surface area contributed by atoms with E-state index in [1.165, 1.54) is 6.92 Å². The minimum atomic E-state index is -0.497. The number of benzene rings is 2. The molecule has 2 aromatic carbocycles. The Bertz CT molecular complexity index is 748. The number of carbonyl (C=O) groups excluding carboxylic acids is 2. The van der Waals surface area contributed by atoms with Gasteiger partial charge in [0.2, 0.25) is 5.91 Å². The highest BCUT2D eigenvalue weighted by Crippen LogP contribution is 2.28. The number of nitrogens with one attached hydrogen (secondary N) is 2. The second kappa shape index (κ2) is 6.74. The molecule has 0 spiro atoms. The highest BCUT2D eigenvalue weighted by atomic mass is 16.5. The maximum atomic E-state index is 12.5. The summed E-state index contributed by atoms with van der Waals surface area (Å²) in [6.45, 7) is 3.37. The van der Waals surface area contributed by atoms with E-state index >= 15 is 0 Å². The van der Waals surface area contributed by atoms with Gasteiger partial charge in [0.05, 0.1) is 6.04 Å². The third kappa shape index (κ3) is 3.56. The fourth-order valence-electron chi connectivity index (χ4n) is 2.81. The van der Waals surface area contributed by atoms with Crippen molar-refractivity contribution in [3.05, 3.63) is 59.7 Å². The fraction of sp³-hybridized carbons (Fsp3) is 0.263. The SMILES string of the molecule is CC(=O)Nc1cccc([C@H](C)NC(=O)[C@@H]2Cc3ccccc3O2)c1. The molecule has 24 heavy (non-hydrogen) atoms. The van der Waals surface area contributed by atoms with Crippen molar-refractivity contribution in [3.63, 3.8) is 0 Å². The molecule has 0 fully saturated rings. The van der Waals surface area contributed by atoms with E-state index in [-0.39, 0.29) is 17.9 Å². The summed E-state index contributed by atoms with van der Waals surface area (Å²) in [6.07, 6.45) is 0.0871. The van der Waals surface area contributed by atoms with Crippen LogP contribution in [0.15, 0.2) is 48.5 Å². The molecular weight excluding hydrogens is 304 g/mol. The zero-order valence-corrected chi connectivity index (χ0v) is 13.7. The normalized spacial score (nSPS) is 16.7. The molecule has 5 nitrogen and oxygen atoms in total. The van der Waals surface area contributed by atoms with Gasteiger partial charge in [-0.2, -0.15) is 0 Å². The maximum absolute atomic E-state index is 12.5. The predicted molar refractivity (Wildman–Crippen MR) is 91.9 cm³/mol. The predicted octanol–water partition coefficient (Wildman–Crippen LogP) is 2.83. The largest absolute Gasteiger partial charge is 0.480 e. The molecule has 3 rings (SSSR count). The third-order valence-electron chi connectivity index (χ3n) is 4.01. The summed E-state index contributed by atoms with van der Waals surface area (Å²) in [5, 5.41) is 5.72. The molecule has 1 heterocycles. The quantitative estimate of drug-likeness (QED) is 0.909. The van der Waals surface area contributed by atoms with Crippen LogP contribution in [0.4, 0.5) is 5.69 Å². The second-order valence-electron chi connectivity index (χ2n) is 5.96. The highest BCUT2D eigenvalue weighted by molar-refractivity contribution is 5.88. The molecule has 2 N–H and O–H groups in total. The van der Waals surface area contributed by atoms with E-state index in [0.29, 0.717) is 12.1 Å². The first-order valence-corrected chi connectivity index (χ1v) is 7.95. The Morgan fingerprint density at radius 1 is 1.17 bits per heavy atom. The lowest BCUT2D eigenvalue weighted by Crippen LogP contribution is -2.38. The summed E-state index contributed by atoms with van der Waals surface area (Å²) in [4.78, 5) is 23.6. The summed E-state index contributed by atoms with van der Waals surface area (Å²) >= 11 is 0. The van der Waals surface area contributed by atoms with Gasteiger partial charge < -0.3 is 15.4 Å². The number of carbonyl (C=O) groups is 2. The molecular formula is C19H20N2O3. The van der Waals surface area contributed by atoms with Gasteiger partial charge >= 0.3 is 0 Å². The molecule has 1 aliphatic rings. The molecule has 2 amide bonds. The molecule has 0 aromatic heterocycles. The summed E-state index contributed by atoms with van der Waals surface area (Å²) in [6, 6.07) is 15.0. The lowest BCUT2D eigenvalue weighted by atomic mass is 10.1. The minimum Gasteiger partial charge on any atom is -0.480 e. The standard InChI is InChI=1S/C19H20N2O3/c1-12(14-7-5-8-16(10-14)21-13(2)22)20-19(23)18-11-15-6-3-4-9-17(15)24-18/h3-10,12,18H,11H2,1-2H3,(H,20,23)(H,21,22)/t12-,18-/m0/s1. The molecule has 0 saturated heterocycles. The van der Waals surface area contributed by atoms with Crippen molar-refractivity contribution >= 4 is 17.5 Å². The van der Waals surface area contributed by atoms with Crippen molar-refractivity contribution in [2.75, 3.05) is 5.32 Å². The molecule has 0 radical (unpaired) electrons. The Morgan fingerprint density at radius 3 is 2.71 bits per heavy atom. The van der Waals surface area contributed by atoms with Crippen molar-refractivity contribution in [3.8, 4) is 5.75 Å². The van der Waals surface area contributed by atoms with Gasteiger partial charge in [-0.15, -0.1) is 0 Å². The number of para-hydroxylation sites is 1. The van der Waals surface area contributed by atoms with Crippen LogP contribution in [-0.2, 0) is 16.0 Å². The lowest BCUT2D eigenvalue weighted by Gasteiger charge is -2.18. The van der Waals surface area contributed by atoms with Gasteiger partial charge in [-0.1, -0.05) is 30.3 Å². The van der Waals surface area contributed by atoms with E-state index in [0.717, 1.165) is 16.9 Å². The highest BCUT2D eigenvalue weighted by Gasteiger charge is 2.29. The van der Waals surface area contributed by atoms with Crippen LogP contribution in [0.25, 0.3) is 0 Å². The van der Waals surface area contributed by atoms with E-state index < -0.39 is 6.10 Å². The van der Waals surface area contributed by atoms with Gasteiger partial charge in [-0.05, 0) is 36.2 Å². The molecule has 124 valence electrons. The average molecular weight is 324 g/mol. The number of anilines is 1. The third-order valence-corrected chi connectivity index (χ3v) is 4.01. The van der Waals surface area contributed by atoms with E-state index in [1.807, 2.05) is 55.5 Å². The van der Waals surface area contributed by atoms with Crippen LogP contribution in [0, 0.1) is 0 Å². The maximum Gasteiger partial charge on any atom is 0.261 e. The fourth-order valence-corrected chi connectivity index (χ4v) is 2.81. The number of hydrogen-bond donors (Lipinski definition) is 2. The first kappa shape index (κ1) is 16.1. The zero-order valence-electron chi connectivity index (χ0n) is 13.7. The summed E-state index contributed by atoms with van der Waals surface area (Å²) in [5.41, 5.74) is 2.69. The summed E-state index contributed by atoms with van der Waals surface area (Å²) < 4.78 is 5.71. The van der Waals surface area contributed by atoms with E-state index in [1.54, 1.807) is 0 Å². The van der Waals surface area contributed by atoms with Crippen LogP contribution in [0.2, 0.25) is 0 Å². The van der Waals surface area contributed by atoms with Crippen molar-refractivity contribution in [1.82, 2.24) is 5.32 Å². The Hall–Kier alpha value is -2.82. The Labute approximate surface area is 141 Å². The first-order valence-electron chi connectivity index (χ1n) is 7.95. The van der Waals surface area contributed by atoms with Crippen LogP contribution in [-0.4, -0.2) is 17.9 Å². The van der Waals surface area contributed by atoms with Gasteiger partial charge in [0.1, 0.15) is 5.75 Å². The van der Waals surface area contributed by atoms with Crippen LogP contribution in [0.1, 0.15) is 31.0 Å². The first-order chi connectivity index (χ1) is 11.5. The molecule has 2 atom stereocenters. The van der Waals surface area contributed by atoms with E-state index in [9.17, 15) is 9.59 Å². The molecule has 0 unspecified atom stereocenters. The van der Waals surface area contributed by atoms with Gasteiger partial charge in [-0.25, -0.2) is 0 Å². The molecule has 5 heteroatoms. The Balaban J connectivity index is 1.64. The van der Waals surface area contributed by atoms with Crippen LogP contribution < -0.4 is 15.4 Å². The Kier molecular flexibility index (Phi) is 4.51. The molecule has 1 aliphatic heterocycles. The number of rotatable bonds is 4. The molecule has 2 aromatic rings. The lowest BCUT2D eigenvalue weighted by molar-refractivity contribution is -0.127. The number of fused-ring (bicyclic) bond motifs is 1. The van der Waals surface area contributed by atoms with Crippen LogP contribution >= 0.6 is 0 Å². The zero-order chi connectivity index (χ0) is 17.1. The van der Waals surface area contributed by atoms with Gasteiger partial charge in [-0.3, -0.25) is 9.59 Å². The van der Waals surface area contributed by atoms with Crippen molar-refractivity contribution in [1.29, 1.82) is 0 Å².